The second-order valence-electron chi connectivity index (χ2n) is 5.61. The average molecular weight is 242 g/mol. The first kappa shape index (κ1) is 14.9. The largest absolute Gasteiger partial charge is 0.394 e. The van der Waals surface area contributed by atoms with Gasteiger partial charge in [-0.2, -0.15) is 0 Å². The highest BCUT2D eigenvalue weighted by Crippen LogP contribution is 2.35. The molecule has 1 fully saturated rings. The van der Waals surface area contributed by atoms with Crippen molar-refractivity contribution in [1.29, 1.82) is 0 Å². The second-order valence-corrected chi connectivity index (χ2v) is 5.61. The first-order valence-corrected chi connectivity index (χ1v) is 7.28. The maximum Gasteiger partial charge on any atom is 0.0613 e. The number of nitrogens with zero attached hydrogens (tertiary/aromatic N) is 1. The fraction of sp³-hybridized carbons (Fsp3) is 1.00. The molecule has 0 amide bonds. The number of rotatable bonds is 8. The normalized spacial score (nSPS) is 29.1. The molecule has 0 saturated heterocycles. The highest BCUT2D eigenvalue weighted by molar-refractivity contribution is 4.96. The standard InChI is InChI=1S/C14H30N2O/c1-3-9-16(10-4-2)11-7-13-6-5-8-14(13,15)12-17/h13,17H,3-12,15H2,1-2H3. The lowest BCUT2D eigenvalue weighted by atomic mass is 9.86. The molecule has 0 radical (unpaired) electrons. The van der Waals surface area contributed by atoms with Gasteiger partial charge < -0.3 is 15.7 Å². The summed E-state index contributed by atoms with van der Waals surface area (Å²) in [5.74, 6) is 0.517. The van der Waals surface area contributed by atoms with Gasteiger partial charge in [0.05, 0.1) is 6.61 Å². The van der Waals surface area contributed by atoms with Crippen LogP contribution in [0.1, 0.15) is 52.4 Å². The SMILES string of the molecule is CCCN(CCC)CCC1CCCC1(N)CO. The van der Waals surface area contributed by atoms with Gasteiger partial charge in [-0.15, -0.1) is 0 Å². The summed E-state index contributed by atoms with van der Waals surface area (Å²) in [7, 11) is 0. The van der Waals surface area contributed by atoms with Gasteiger partial charge in [0.2, 0.25) is 0 Å². The first-order chi connectivity index (χ1) is 8.16. The van der Waals surface area contributed by atoms with Gasteiger partial charge in [0.15, 0.2) is 0 Å². The molecule has 0 aromatic carbocycles. The van der Waals surface area contributed by atoms with Crippen molar-refractivity contribution in [2.45, 2.75) is 57.9 Å². The van der Waals surface area contributed by atoms with E-state index in [1.165, 1.54) is 38.8 Å². The van der Waals surface area contributed by atoms with E-state index in [1.807, 2.05) is 0 Å². The van der Waals surface area contributed by atoms with Gasteiger partial charge in [0.1, 0.15) is 0 Å². The zero-order valence-corrected chi connectivity index (χ0v) is 11.6. The molecule has 1 saturated carbocycles. The summed E-state index contributed by atoms with van der Waals surface area (Å²) >= 11 is 0. The summed E-state index contributed by atoms with van der Waals surface area (Å²) in [6.07, 6.45) is 6.97. The fourth-order valence-corrected chi connectivity index (χ4v) is 3.12. The van der Waals surface area contributed by atoms with E-state index < -0.39 is 0 Å². The van der Waals surface area contributed by atoms with Crippen molar-refractivity contribution in [3.63, 3.8) is 0 Å². The third-order valence-corrected chi connectivity index (χ3v) is 4.18. The predicted octanol–water partition coefficient (Wildman–Crippen LogP) is 1.99. The van der Waals surface area contributed by atoms with Gasteiger partial charge >= 0.3 is 0 Å². The zero-order chi connectivity index (χ0) is 12.7. The van der Waals surface area contributed by atoms with Crippen LogP contribution >= 0.6 is 0 Å². The van der Waals surface area contributed by atoms with E-state index in [4.69, 9.17) is 5.73 Å². The van der Waals surface area contributed by atoms with Crippen LogP contribution in [-0.2, 0) is 0 Å². The van der Waals surface area contributed by atoms with Crippen LogP contribution in [0.4, 0.5) is 0 Å². The lowest BCUT2D eigenvalue weighted by Crippen LogP contribution is -2.47. The molecule has 0 aromatic heterocycles. The third kappa shape index (κ3) is 4.23. The summed E-state index contributed by atoms with van der Waals surface area (Å²) in [5, 5.41) is 9.43. The van der Waals surface area contributed by atoms with Crippen LogP contribution in [0.5, 0.6) is 0 Å². The Balaban J connectivity index is 2.37. The number of aliphatic hydroxyl groups is 1. The van der Waals surface area contributed by atoms with Gasteiger partial charge in [-0.05, 0) is 57.7 Å². The highest BCUT2D eigenvalue weighted by atomic mass is 16.3. The summed E-state index contributed by atoms with van der Waals surface area (Å²) in [4.78, 5) is 2.54. The monoisotopic (exact) mass is 242 g/mol. The van der Waals surface area contributed by atoms with Crippen LogP contribution in [0.25, 0.3) is 0 Å². The molecule has 3 heteroatoms. The fourth-order valence-electron chi connectivity index (χ4n) is 3.12. The lowest BCUT2D eigenvalue weighted by molar-refractivity contribution is 0.143. The van der Waals surface area contributed by atoms with Crippen LogP contribution < -0.4 is 5.73 Å². The maximum atomic E-state index is 9.43. The number of hydrogen-bond acceptors (Lipinski definition) is 3. The maximum absolute atomic E-state index is 9.43. The molecule has 1 aliphatic carbocycles. The van der Waals surface area contributed by atoms with E-state index in [2.05, 4.69) is 18.7 Å². The van der Waals surface area contributed by atoms with Crippen molar-refractivity contribution in [2.24, 2.45) is 11.7 Å². The molecule has 0 bridgehead atoms. The summed E-state index contributed by atoms with van der Waals surface area (Å²) in [6, 6.07) is 0. The number of aliphatic hydroxyl groups excluding tert-OH is 1. The van der Waals surface area contributed by atoms with Gasteiger partial charge in [-0.3, -0.25) is 0 Å². The molecule has 3 N–H and O–H groups in total. The Labute approximate surface area is 106 Å². The molecule has 102 valence electrons. The summed E-state index contributed by atoms with van der Waals surface area (Å²) in [5.41, 5.74) is 5.98. The van der Waals surface area contributed by atoms with Crippen molar-refractivity contribution < 1.29 is 5.11 Å². The minimum atomic E-state index is -0.288. The topological polar surface area (TPSA) is 49.5 Å². The van der Waals surface area contributed by atoms with Crippen LogP contribution in [0.2, 0.25) is 0 Å². The van der Waals surface area contributed by atoms with Gasteiger partial charge in [0.25, 0.3) is 0 Å². The molecule has 0 aliphatic heterocycles. The van der Waals surface area contributed by atoms with E-state index in [0.29, 0.717) is 5.92 Å². The van der Waals surface area contributed by atoms with Gasteiger partial charge in [-0.25, -0.2) is 0 Å². The predicted molar refractivity (Wildman–Crippen MR) is 73.0 cm³/mol. The summed E-state index contributed by atoms with van der Waals surface area (Å²) in [6.45, 7) is 8.15. The van der Waals surface area contributed by atoms with Crippen LogP contribution in [0.15, 0.2) is 0 Å². The van der Waals surface area contributed by atoms with Crippen molar-refractivity contribution in [2.75, 3.05) is 26.2 Å². The van der Waals surface area contributed by atoms with E-state index >= 15 is 0 Å². The number of nitrogens with two attached hydrogens (primary N) is 1. The minimum Gasteiger partial charge on any atom is -0.394 e. The van der Waals surface area contributed by atoms with E-state index in [9.17, 15) is 5.11 Å². The third-order valence-electron chi connectivity index (χ3n) is 4.18. The van der Waals surface area contributed by atoms with E-state index in [0.717, 1.165) is 19.4 Å². The van der Waals surface area contributed by atoms with Gasteiger partial charge in [-0.1, -0.05) is 20.3 Å². The molecule has 3 nitrogen and oxygen atoms in total. The van der Waals surface area contributed by atoms with Crippen LogP contribution in [-0.4, -0.2) is 41.8 Å². The Morgan fingerprint density at radius 2 is 1.88 bits per heavy atom. The molecule has 0 heterocycles. The van der Waals surface area contributed by atoms with Crippen LogP contribution in [0.3, 0.4) is 0 Å². The molecule has 2 atom stereocenters. The average Bonchev–Trinajstić information content (AvgIpc) is 2.69. The number of hydrogen-bond donors (Lipinski definition) is 2. The molecule has 2 unspecified atom stereocenters. The van der Waals surface area contributed by atoms with Crippen molar-refractivity contribution in [3.05, 3.63) is 0 Å². The molecular formula is C14H30N2O. The zero-order valence-electron chi connectivity index (χ0n) is 11.6. The first-order valence-electron chi connectivity index (χ1n) is 7.28. The summed E-state index contributed by atoms with van der Waals surface area (Å²) < 4.78 is 0. The molecule has 0 aromatic rings. The highest BCUT2D eigenvalue weighted by Gasteiger charge is 2.38. The molecule has 0 spiro atoms. The van der Waals surface area contributed by atoms with Crippen LogP contribution in [0, 0.1) is 5.92 Å². The molecular weight excluding hydrogens is 212 g/mol. The Hall–Kier alpha value is -0.120. The van der Waals surface area contributed by atoms with Crippen molar-refractivity contribution in [1.82, 2.24) is 4.90 Å². The lowest BCUT2D eigenvalue weighted by Gasteiger charge is -2.31. The Bertz CT molecular complexity index is 204. The Kier molecular flexibility index (Phi) is 6.45. The quantitative estimate of drug-likeness (QED) is 0.684. The van der Waals surface area contributed by atoms with Crippen molar-refractivity contribution >= 4 is 0 Å². The van der Waals surface area contributed by atoms with E-state index in [1.54, 1.807) is 0 Å². The Morgan fingerprint density at radius 1 is 1.24 bits per heavy atom. The van der Waals surface area contributed by atoms with Crippen molar-refractivity contribution in [3.8, 4) is 0 Å². The smallest absolute Gasteiger partial charge is 0.0613 e. The Morgan fingerprint density at radius 3 is 2.41 bits per heavy atom. The molecule has 17 heavy (non-hydrogen) atoms. The van der Waals surface area contributed by atoms with Gasteiger partial charge in [0, 0.05) is 5.54 Å². The van der Waals surface area contributed by atoms with E-state index in [-0.39, 0.29) is 12.1 Å². The molecule has 1 rings (SSSR count). The minimum absolute atomic E-state index is 0.152. The second kappa shape index (κ2) is 7.34. The molecule has 1 aliphatic rings.